The summed E-state index contributed by atoms with van der Waals surface area (Å²) >= 11 is 0. The van der Waals surface area contributed by atoms with Crippen LogP contribution in [0.15, 0.2) is 48.5 Å². The average molecular weight is 483 g/mol. The Balaban J connectivity index is 1.44. The minimum Gasteiger partial charge on any atom is -0.491 e. The molecule has 34 heavy (non-hydrogen) atoms. The Morgan fingerprint density at radius 1 is 1.06 bits per heavy atom. The molecule has 0 unspecified atom stereocenters. The topological polar surface area (TPSA) is 106 Å². The third kappa shape index (κ3) is 8.22. The van der Waals surface area contributed by atoms with Crippen LogP contribution in [0.1, 0.15) is 19.8 Å². The Hall–Kier alpha value is -3.34. The summed E-state index contributed by atoms with van der Waals surface area (Å²) in [5.41, 5.74) is 4.76. The average Bonchev–Trinajstić information content (AvgIpc) is 2.78. The molecule has 0 aromatic heterocycles. The second-order valence-electron chi connectivity index (χ2n) is 8.32. The van der Waals surface area contributed by atoms with Crippen LogP contribution in [0.3, 0.4) is 0 Å². The highest BCUT2D eigenvalue weighted by Crippen LogP contribution is 2.28. The number of benzene rings is 2. The van der Waals surface area contributed by atoms with Crippen LogP contribution in [-0.2, 0) is 0 Å². The molecule has 1 aliphatic heterocycles. The third-order valence-electron chi connectivity index (χ3n) is 5.20. The first-order valence-corrected chi connectivity index (χ1v) is 10.8. The van der Waals surface area contributed by atoms with E-state index in [1.807, 2.05) is 12.1 Å². The van der Waals surface area contributed by atoms with E-state index in [0.29, 0.717) is 11.5 Å². The fourth-order valence-electron chi connectivity index (χ4n) is 3.46. The van der Waals surface area contributed by atoms with Gasteiger partial charge < -0.3 is 35.3 Å². The van der Waals surface area contributed by atoms with Crippen molar-refractivity contribution in [3.05, 3.63) is 48.5 Å². The molecule has 2 aromatic carbocycles. The number of alkyl halides is 3. The number of urea groups is 1. The maximum absolute atomic E-state index is 12.3. The number of aliphatic hydroxyl groups is 1. The van der Waals surface area contributed by atoms with Crippen LogP contribution in [0.25, 0.3) is 0 Å². The van der Waals surface area contributed by atoms with E-state index in [4.69, 9.17) is 15.2 Å². The van der Waals surface area contributed by atoms with E-state index < -0.39 is 18.0 Å². The van der Waals surface area contributed by atoms with Crippen LogP contribution >= 0.6 is 0 Å². The molecule has 0 spiro atoms. The predicted octanol–water partition coefficient (Wildman–Crippen LogP) is 3.43. The number of nitrogens with two attached hydrogens (primary N) is 1. The zero-order chi connectivity index (χ0) is 24.8. The monoisotopic (exact) mass is 483 g/mol. The number of nitrogens with one attached hydrogen (secondary N) is 1. The van der Waals surface area contributed by atoms with Crippen LogP contribution in [0.2, 0.25) is 0 Å². The smallest absolute Gasteiger partial charge is 0.491 e. The van der Waals surface area contributed by atoms with Crippen molar-refractivity contribution in [2.45, 2.75) is 37.8 Å². The molecule has 11 heteroatoms. The minimum atomic E-state index is -4.72. The van der Waals surface area contributed by atoms with E-state index in [1.165, 1.54) is 31.2 Å². The maximum atomic E-state index is 12.3. The molecule has 0 saturated carbocycles. The van der Waals surface area contributed by atoms with Gasteiger partial charge in [0.2, 0.25) is 0 Å². The minimum absolute atomic E-state index is 0.0152. The lowest BCUT2D eigenvalue weighted by Gasteiger charge is -2.33. The zero-order valence-corrected chi connectivity index (χ0v) is 18.7. The number of anilines is 1. The van der Waals surface area contributed by atoms with Gasteiger partial charge in [0.1, 0.15) is 35.6 Å². The molecule has 0 aliphatic carbocycles. The molecule has 4 N–H and O–H groups in total. The summed E-state index contributed by atoms with van der Waals surface area (Å²) in [5, 5.41) is 12.6. The number of hydrogen-bond donors (Lipinski definition) is 3. The van der Waals surface area contributed by atoms with Crippen LogP contribution < -0.4 is 30.2 Å². The highest BCUT2D eigenvalue weighted by atomic mass is 19.4. The van der Waals surface area contributed by atoms with E-state index in [2.05, 4.69) is 15.0 Å². The van der Waals surface area contributed by atoms with E-state index in [0.717, 1.165) is 31.6 Å². The fraction of sp³-hybridized carbons (Fsp3) is 0.435. The van der Waals surface area contributed by atoms with Crippen molar-refractivity contribution < 1.29 is 37.3 Å². The van der Waals surface area contributed by atoms with Gasteiger partial charge in [-0.3, -0.25) is 0 Å². The highest BCUT2D eigenvalue weighted by Gasteiger charge is 2.31. The molecule has 2 amide bonds. The molecule has 1 fully saturated rings. The number of piperidine rings is 1. The molecule has 1 saturated heterocycles. The molecule has 0 bridgehead atoms. The van der Waals surface area contributed by atoms with Crippen molar-refractivity contribution in [3.63, 3.8) is 0 Å². The number of hydrogen-bond acceptors (Lipinski definition) is 6. The maximum Gasteiger partial charge on any atom is 0.573 e. The van der Waals surface area contributed by atoms with Crippen LogP contribution in [-0.4, -0.2) is 55.4 Å². The van der Waals surface area contributed by atoms with Crippen LogP contribution in [0, 0.1) is 0 Å². The molecular weight excluding hydrogens is 455 g/mol. The van der Waals surface area contributed by atoms with Gasteiger partial charge in [0.15, 0.2) is 0 Å². The lowest BCUT2D eigenvalue weighted by Crippen LogP contribution is -2.46. The number of nitrogens with zero attached hydrogens (tertiary/aromatic N) is 1. The van der Waals surface area contributed by atoms with Gasteiger partial charge in [0.25, 0.3) is 0 Å². The summed E-state index contributed by atoms with van der Waals surface area (Å²) in [6, 6.07) is 12.1. The van der Waals surface area contributed by atoms with Crippen LogP contribution in [0.5, 0.6) is 17.2 Å². The summed E-state index contributed by atoms with van der Waals surface area (Å²) in [5.74, 6) is 0.795. The number of halogens is 3. The molecule has 0 radical (unpaired) electrons. The third-order valence-corrected chi connectivity index (χ3v) is 5.20. The molecule has 1 heterocycles. The normalized spacial score (nSPS) is 16.4. The van der Waals surface area contributed by atoms with Gasteiger partial charge >= 0.3 is 12.4 Å². The molecular formula is C23H28F3N3O5. The first kappa shape index (κ1) is 25.3. The number of rotatable bonds is 9. The first-order valence-electron chi connectivity index (χ1n) is 10.8. The molecule has 8 nitrogen and oxygen atoms in total. The lowest BCUT2D eigenvalue weighted by molar-refractivity contribution is -0.274. The van der Waals surface area contributed by atoms with Crippen molar-refractivity contribution in [2.24, 2.45) is 5.73 Å². The Morgan fingerprint density at radius 3 is 2.18 bits per heavy atom. The van der Waals surface area contributed by atoms with E-state index in [9.17, 15) is 23.1 Å². The van der Waals surface area contributed by atoms with Gasteiger partial charge in [-0.05, 0) is 55.5 Å². The Kier molecular flexibility index (Phi) is 7.98. The van der Waals surface area contributed by atoms with Gasteiger partial charge in [-0.2, -0.15) is 0 Å². The number of carbonyl (C=O) groups is 1. The van der Waals surface area contributed by atoms with E-state index in [-0.39, 0.29) is 25.0 Å². The predicted molar refractivity (Wildman–Crippen MR) is 119 cm³/mol. The fourth-order valence-corrected chi connectivity index (χ4v) is 3.46. The Morgan fingerprint density at radius 2 is 1.62 bits per heavy atom. The number of primary amides is 1. The van der Waals surface area contributed by atoms with Crippen molar-refractivity contribution in [3.8, 4) is 17.2 Å². The van der Waals surface area contributed by atoms with Crippen LogP contribution in [0.4, 0.5) is 23.7 Å². The largest absolute Gasteiger partial charge is 0.573 e. The molecule has 186 valence electrons. The summed E-state index contributed by atoms with van der Waals surface area (Å²) in [4.78, 5) is 13.0. The van der Waals surface area contributed by atoms with Gasteiger partial charge in [0.05, 0.1) is 6.54 Å². The second kappa shape index (κ2) is 10.7. The highest BCUT2D eigenvalue weighted by molar-refractivity contribution is 5.71. The number of ether oxygens (including phenoxy) is 3. The molecule has 3 rings (SSSR count). The summed E-state index contributed by atoms with van der Waals surface area (Å²) in [6.07, 6.45) is -3.24. The molecule has 1 atom stereocenters. The van der Waals surface area contributed by atoms with Crippen molar-refractivity contribution in [1.29, 1.82) is 0 Å². The standard InChI is InChI=1S/C23H28F3N3O5/c1-22(31,14-28-21(27)30)15-32-17-4-2-16(3-5-17)29-12-10-19(11-13-29)33-18-6-8-20(9-7-18)34-23(24,25)26/h2-9,19,31H,10-15H2,1H3,(H3,27,28,30)/t22-/m1/s1. The van der Waals surface area contributed by atoms with E-state index in [1.54, 1.807) is 12.1 Å². The zero-order valence-electron chi connectivity index (χ0n) is 18.7. The van der Waals surface area contributed by atoms with Crippen molar-refractivity contribution >= 4 is 11.7 Å². The van der Waals surface area contributed by atoms with Crippen molar-refractivity contribution in [1.82, 2.24) is 5.32 Å². The summed E-state index contributed by atoms with van der Waals surface area (Å²) < 4.78 is 52.2. The summed E-state index contributed by atoms with van der Waals surface area (Å²) in [7, 11) is 0. The second-order valence-corrected chi connectivity index (χ2v) is 8.32. The van der Waals surface area contributed by atoms with Gasteiger partial charge in [-0.25, -0.2) is 4.79 Å². The van der Waals surface area contributed by atoms with Gasteiger partial charge in [-0.1, -0.05) is 0 Å². The van der Waals surface area contributed by atoms with Gasteiger partial charge in [-0.15, -0.1) is 13.2 Å². The molecule has 1 aliphatic rings. The van der Waals surface area contributed by atoms with Crippen molar-refractivity contribution in [2.75, 3.05) is 31.1 Å². The Labute approximate surface area is 195 Å². The summed E-state index contributed by atoms with van der Waals surface area (Å²) in [6.45, 7) is 3.01. The number of amides is 2. The first-order chi connectivity index (χ1) is 16.0. The van der Waals surface area contributed by atoms with Gasteiger partial charge in [0, 0.05) is 31.6 Å². The Bertz CT molecular complexity index is 928. The van der Waals surface area contributed by atoms with E-state index >= 15 is 0 Å². The SMILES string of the molecule is C[C@@](O)(CNC(N)=O)COc1ccc(N2CCC(Oc3ccc(OC(F)(F)F)cc3)CC2)cc1. The quantitative estimate of drug-likeness (QED) is 0.505. The lowest BCUT2D eigenvalue weighted by atomic mass is 10.1. The number of carbonyl (C=O) groups excluding carboxylic acids is 1. The molecule has 2 aromatic rings.